The highest BCUT2D eigenvalue weighted by molar-refractivity contribution is 5.55. The molecule has 0 spiro atoms. The van der Waals surface area contributed by atoms with Crippen LogP contribution in [0.5, 0.6) is 0 Å². The predicted octanol–water partition coefficient (Wildman–Crippen LogP) is 2.39. The Morgan fingerprint density at radius 2 is 2.00 bits per heavy atom. The molecule has 0 saturated carbocycles. The van der Waals surface area contributed by atoms with E-state index in [1.807, 2.05) is 6.92 Å². The maximum absolute atomic E-state index is 12.9. The molecule has 1 aromatic carbocycles. The molecule has 0 aliphatic heterocycles. The summed E-state index contributed by atoms with van der Waals surface area (Å²) in [6.45, 7) is 4.34. The SMILES string of the molecule is CCN(c1ccc(F)cc1)c1nnc(C(C)N)o1. The van der Waals surface area contributed by atoms with Gasteiger partial charge in [-0.2, -0.15) is 0 Å². The van der Waals surface area contributed by atoms with Gasteiger partial charge in [-0.25, -0.2) is 4.39 Å². The number of hydrogen-bond acceptors (Lipinski definition) is 5. The van der Waals surface area contributed by atoms with Gasteiger partial charge in [0.05, 0.1) is 6.04 Å². The fraction of sp³-hybridized carbons (Fsp3) is 0.333. The van der Waals surface area contributed by atoms with Crippen molar-refractivity contribution in [2.24, 2.45) is 5.73 Å². The van der Waals surface area contributed by atoms with Gasteiger partial charge in [-0.3, -0.25) is 4.90 Å². The van der Waals surface area contributed by atoms with Crippen LogP contribution >= 0.6 is 0 Å². The summed E-state index contributed by atoms with van der Waals surface area (Å²) >= 11 is 0. The Balaban J connectivity index is 2.29. The largest absolute Gasteiger partial charge is 0.406 e. The minimum atomic E-state index is -0.307. The standard InChI is InChI=1S/C12H15FN4O/c1-3-17(10-6-4-9(13)5-7-10)12-16-15-11(18-12)8(2)14/h4-8H,3,14H2,1-2H3. The molecule has 0 radical (unpaired) electrons. The maximum Gasteiger partial charge on any atom is 0.322 e. The summed E-state index contributed by atoms with van der Waals surface area (Å²) in [6.07, 6.45) is 0. The molecule has 6 heteroatoms. The first kappa shape index (κ1) is 12.5. The molecule has 5 nitrogen and oxygen atoms in total. The summed E-state index contributed by atoms with van der Waals surface area (Å²) in [4.78, 5) is 1.79. The zero-order chi connectivity index (χ0) is 13.1. The van der Waals surface area contributed by atoms with Crippen molar-refractivity contribution in [1.82, 2.24) is 10.2 Å². The average molecular weight is 250 g/mol. The monoisotopic (exact) mass is 250 g/mol. The molecule has 2 N–H and O–H groups in total. The zero-order valence-electron chi connectivity index (χ0n) is 10.3. The maximum atomic E-state index is 12.9. The molecule has 0 bridgehead atoms. The van der Waals surface area contributed by atoms with E-state index in [9.17, 15) is 4.39 Å². The first-order chi connectivity index (χ1) is 8.61. The van der Waals surface area contributed by atoms with Gasteiger partial charge < -0.3 is 10.2 Å². The van der Waals surface area contributed by atoms with Crippen LogP contribution in [0.1, 0.15) is 25.8 Å². The first-order valence-electron chi connectivity index (χ1n) is 5.74. The Bertz CT molecular complexity index is 509. The van der Waals surface area contributed by atoms with Gasteiger partial charge in [0.15, 0.2) is 0 Å². The van der Waals surface area contributed by atoms with E-state index < -0.39 is 0 Å². The summed E-state index contributed by atoms with van der Waals surface area (Å²) in [5.41, 5.74) is 6.45. The smallest absolute Gasteiger partial charge is 0.322 e. The van der Waals surface area contributed by atoms with Gasteiger partial charge in [0.2, 0.25) is 5.89 Å². The molecule has 1 unspecified atom stereocenters. The number of halogens is 1. The van der Waals surface area contributed by atoms with E-state index in [-0.39, 0.29) is 11.9 Å². The second-order valence-electron chi connectivity index (χ2n) is 3.93. The summed E-state index contributed by atoms with van der Waals surface area (Å²) in [5.74, 6) is 0.0992. The molecule has 18 heavy (non-hydrogen) atoms. The van der Waals surface area contributed by atoms with Crippen LogP contribution in [0.3, 0.4) is 0 Å². The molecule has 0 saturated heterocycles. The Hall–Kier alpha value is -1.95. The second kappa shape index (κ2) is 5.14. The van der Waals surface area contributed by atoms with Crippen LogP contribution in [-0.4, -0.2) is 16.7 Å². The Morgan fingerprint density at radius 3 is 2.50 bits per heavy atom. The lowest BCUT2D eigenvalue weighted by molar-refractivity contribution is 0.465. The van der Waals surface area contributed by atoms with E-state index in [1.165, 1.54) is 12.1 Å². The van der Waals surface area contributed by atoms with Crippen molar-refractivity contribution in [2.75, 3.05) is 11.4 Å². The molecular formula is C12H15FN4O. The topological polar surface area (TPSA) is 68.2 Å². The quantitative estimate of drug-likeness (QED) is 0.902. The van der Waals surface area contributed by atoms with Crippen molar-refractivity contribution >= 4 is 11.7 Å². The fourth-order valence-electron chi connectivity index (χ4n) is 1.57. The van der Waals surface area contributed by atoms with Gasteiger partial charge in [0.1, 0.15) is 5.82 Å². The lowest BCUT2D eigenvalue weighted by atomic mass is 10.3. The van der Waals surface area contributed by atoms with Crippen LogP contribution in [-0.2, 0) is 0 Å². The minimum Gasteiger partial charge on any atom is -0.406 e. The Kier molecular flexibility index (Phi) is 3.57. The van der Waals surface area contributed by atoms with E-state index >= 15 is 0 Å². The van der Waals surface area contributed by atoms with E-state index in [4.69, 9.17) is 10.2 Å². The fourth-order valence-corrected chi connectivity index (χ4v) is 1.57. The number of anilines is 2. The van der Waals surface area contributed by atoms with Crippen molar-refractivity contribution in [2.45, 2.75) is 19.9 Å². The van der Waals surface area contributed by atoms with Gasteiger partial charge in [-0.1, -0.05) is 5.10 Å². The molecule has 0 fully saturated rings. The van der Waals surface area contributed by atoms with Crippen molar-refractivity contribution in [3.05, 3.63) is 36.0 Å². The van der Waals surface area contributed by atoms with Crippen LogP contribution in [0.4, 0.5) is 16.1 Å². The van der Waals surface area contributed by atoms with Crippen molar-refractivity contribution in [3.63, 3.8) is 0 Å². The number of rotatable bonds is 4. The number of aromatic nitrogens is 2. The van der Waals surface area contributed by atoms with Crippen molar-refractivity contribution in [3.8, 4) is 0 Å². The Morgan fingerprint density at radius 1 is 1.33 bits per heavy atom. The van der Waals surface area contributed by atoms with Crippen molar-refractivity contribution < 1.29 is 8.81 Å². The highest BCUT2D eigenvalue weighted by Gasteiger charge is 2.16. The third kappa shape index (κ3) is 2.48. The van der Waals surface area contributed by atoms with Gasteiger partial charge in [0.25, 0.3) is 0 Å². The van der Waals surface area contributed by atoms with E-state index in [1.54, 1.807) is 24.0 Å². The van der Waals surface area contributed by atoms with E-state index in [0.29, 0.717) is 18.5 Å². The lowest BCUT2D eigenvalue weighted by Gasteiger charge is -2.17. The molecule has 2 aromatic rings. The zero-order valence-corrected chi connectivity index (χ0v) is 10.3. The van der Waals surface area contributed by atoms with Crippen LogP contribution < -0.4 is 10.6 Å². The summed E-state index contributed by atoms with van der Waals surface area (Å²) in [5, 5.41) is 7.81. The molecule has 1 aromatic heterocycles. The number of benzene rings is 1. The molecule has 96 valence electrons. The number of hydrogen-bond donors (Lipinski definition) is 1. The van der Waals surface area contributed by atoms with E-state index in [2.05, 4.69) is 10.2 Å². The summed E-state index contributed by atoms with van der Waals surface area (Å²) in [7, 11) is 0. The van der Waals surface area contributed by atoms with Crippen molar-refractivity contribution in [1.29, 1.82) is 0 Å². The molecule has 0 aliphatic carbocycles. The summed E-state index contributed by atoms with van der Waals surface area (Å²) < 4.78 is 18.3. The van der Waals surface area contributed by atoms with Crippen LogP contribution in [0.2, 0.25) is 0 Å². The number of nitrogens with two attached hydrogens (primary N) is 1. The molecule has 0 amide bonds. The van der Waals surface area contributed by atoms with E-state index in [0.717, 1.165) is 5.69 Å². The third-order valence-electron chi connectivity index (χ3n) is 2.50. The molecular weight excluding hydrogens is 235 g/mol. The Labute approximate surface area is 104 Å². The van der Waals surface area contributed by atoms with Crippen LogP contribution in [0.15, 0.2) is 28.7 Å². The molecule has 0 aliphatic rings. The van der Waals surface area contributed by atoms with Gasteiger partial charge in [-0.05, 0) is 38.1 Å². The van der Waals surface area contributed by atoms with Crippen LogP contribution in [0, 0.1) is 5.82 Å². The highest BCUT2D eigenvalue weighted by atomic mass is 19.1. The predicted molar refractivity (Wildman–Crippen MR) is 66.0 cm³/mol. The van der Waals surface area contributed by atoms with Gasteiger partial charge >= 0.3 is 6.01 Å². The second-order valence-corrected chi connectivity index (χ2v) is 3.93. The first-order valence-corrected chi connectivity index (χ1v) is 5.74. The normalized spacial score (nSPS) is 12.4. The average Bonchev–Trinajstić information content (AvgIpc) is 2.82. The minimum absolute atomic E-state index is 0.281. The molecule has 1 heterocycles. The number of nitrogens with zero attached hydrogens (tertiary/aromatic N) is 3. The molecule has 2 rings (SSSR count). The van der Waals surface area contributed by atoms with Gasteiger partial charge in [-0.15, -0.1) is 5.10 Å². The van der Waals surface area contributed by atoms with Crippen LogP contribution in [0.25, 0.3) is 0 Å². The highest BCUT2D eigenvalue weighted by Crippen LogP contribution is 2.24. The van der Waals surface area contributed by atoms with Gasteiger partial charge in [0, 0.05) is 12.2 Å². The third-order valence-corrected chi connectivity index (χ3v) is 2.50. The molecule has 1 atom stereocenters. The summed E-state index contributed by atoms with van der Waals surface area (Å²) in [6, 6.07) is 6.15. The lowest BCUT2D eigenvalue weighted by Crippen LogP contribution is -2.16.